The molecule has 1 fully saturated rings. The summed E-state index contributed by atoms with van der Waals surface area (Å²) in [5, 5.41) is 0. The lowest BCUT2D eigenvalue weighted by Crippen LogP contribution is -2.40. The Bertz CT molecular complexity index is 1160. The molecule has 0 aromatic carbocycles. The van der Waals surface area contributed by atoms with Crippen LogP contribution in [0.5, 0.6) is 0 Å². The number of hydrogen-bond donors (Lipinski definition) is 1. The van der Waals surface area contributed by atoms with Crippen molar-refractivity contribution in [1.29, 1.82) is 0 Å². The van der Waals surface area contributed by atoms with Crippen LogP contribution in [0.4, 0.5) is 19.0 Å². The molecule has 190 valence electrons. The van der Waals surface area contributed by atoms with E-state index in [9.17, 15) is 13.2 Å². The van der Waals surface area contributed by atoms with Gasteiger partial charge in [0.2, 0.25) is 0 Å². The Morgan fingerprint density at radius 2 is 2.00 bits per heavy atom. The second kappa shape index (κ2) is 10.2. The lowest BCUT2D eigenvalue weighted by Gasteiger charge is -2.33. The van der Waals surface area contributed by atoms with Crippen LogP contribution in [0.1, 0.15) is 24.3 Å². The van der Waals surface area contributed by atoms with Crippen LogP contribution in [-0.2, 0) is 11.5 Å². The number of anilines is 1. The first kappa shape index (κ1) is 25.6. The van der Waals surface area contributed by atoms with E-state index in [1.165, 1.54) is 4.90 Å². The van der Waals surface area contributed by atoms with Crippen LogP contribution in [0.25, 0.3) is 22.4 Å². The van der Waals surface area contributed by atoms with E-state index in [2.05, 4.69) is 29.6 Å². The van der Waals surface area contributed by atoms with Gasteiger partial charge in [-0.15, -0.1) is 0 Å². The molecule has 0 bridgehead atoms. The fourth-order valence-corrected chi connectivity index (χ4v) is 5.14. The van der Waals surface area contributed by atoms with Crippen molar-refractivity contribution >= 4 is 25.1 Å². The lowest BCUT2D eigenvalue weighted by molar-refractivity contribution is -0.148. The molecule has 2 N–H and O–H groups in total. The molecule has 4 heterocycles. The zero-order valence-corrected chi connectivity index (χ0v) is 21.5. The molecule has 35 heavy (non-hydrogen) atoms. The summed E-state index contributed by atoms with van der Waals surface area (Å²) in [6.45, 7) is 7.99. The summed E-state index contributed by atoms with van der Waals surface area (Å²) in [7, 11) is -1.15. The third-order valence-corrected chi connectivity index (χ3v) is 7.99. The zero-order chi connectivity index (χ0) is 25.2. The molecule has 1 aliphatic rings. The van der Waals surface area contributed by atoms with E-state index in [1.807, 2.05) is 22.9 Å². The van der Waals surface area contributed by atoms with Gasteiger partial charge in [0.25, 0.3) is 0 Å². The Morgan fingerprint density at radius 1 is 1.20 bits per heavy atom. The predicted molar refractivity (Wildman–Crippen MR) is 134 cm³/mol. The van der Waals surface area contributed by atoms with Crippen LogP contribution in [0.15, 0.2) is 30.7 Å². The fourth-order valence-electron chi connectivity index (χ4n) is 4.38. The Kier molecular flexibility index (Phi) is 7.48. The molecule has 0 aliphatic carbocycles. The first-order valence-corrected chi connectivity index (χ1v) is 15.6. The Labute approximate surface area is 204 Å². The van der Waals surface area contributed by atoms with Crippen molar-refractivity contribution in [2.45, 2.75) is 57.4 Å². The largest absolute Gasteiger partial charge is 0.401 e. The number of nitrogen functional groups attached to an aromatic ring is 1. The molecule has 1 aliphatic heterocycles. The SMILES string of the molecule is C[Si](C)(C)CCOCn1ccc2nc(-c3cc(C4CCCN(CC(F)(F)F)C4)cnc3N)cnc21. The van der Waals surface area contributed by atoms with Crippen molar-refractivity contribution in [3.8, 4) is 11.3 Å². The molecule has 7 nitrogen and oxygen atoms in total. The van der Waals surface area contributed by atoms with Crippen molar-refractivity contribution in [3.05, 3.63) is 36.3 Å². The molecule has 0 radical (unpaired) electrons. The van der Waals surface area contributed by atoms with Crippen molar-refractivity contribution in [1.82, 2.24) is 24.4 Å². The van der Waals surface area contributed by atoms with Crippen molar-refractivity contribution in [2.75, 3.05) is 32.0 Å². The molecule has 3 aromatic heterocycles. The third kappa shape index (κ3) is 6.80. The minimum absolute atomic E-state index is 0.0379. The number of hydrogen-bond acceptors (Lipinski definition) is 6. The summed E-state index contributed by atoms with van der Waals surface area (Å²) in [6, 6.07) is 4.88. The fraction of sp³-hybridized carbons (Fsp3) is 0.542. The van der Waals surface area contributed by atoms with E-state index < -0.39 is 20.8 Å². The van der Waals surface area contributed by atoms with Crippen LogP contribution in [0.2, 0.25) is 25.7 Å². The van der Waals surface area contributed by atoms with Crippen molar-refractivity contribution < 1.29 is 17.9 Å². The Balaban J connectivity index is 1.50. The topological polar surface area (TPSA) is 82.1 Å². The van der Waals surface area contributed by atoms with Gasteiger partial charge < -0.3 is 15.0 Å². The van der Waals surface area contributed by atoms with Gasteiger partial charge in [-0.1, -0.05) is 19.6 Å². The van der Waals surface area contributed by atoms with E-state index >= 15 is 0 Å². The molecule has 4 rings (SSSR count). The van der Waals surface area contributed by atoms with Crippen LogP contribution in [0, 0.1) is 0 Å². The second-order valence-corrected chi connectivity index (χ2v) is 16.1. The summed E-state index contributed by atoms with van der Waals surface area (Å²) in [4.78, 5) is 15.1. The number of halogens is 3. The van der Waals surface area contributed by atoms with Gasteiger partial charge in [0.1, 0.15) is 18.1 Å². The maximum atomic E-state index is 12.9. The average Bonchev–Trinajstić information content (AvgIpc) is 3.17. The Hall–Kier alpha value is -2.50. The highest BCUT2D eigenvalue weighted by Gasteiger charge is 2.33. The summed E-state index contributed by atoms with van der Waals surface area (Å²) >= 11 is 0. The molecule has 1 saturated heterocycles. The minimum Gasteiger partial charge on any atom is -0.383 e. The van der Waals surface area contributed by atoms with Crippen LogP contribution in [-0.4, -0.2) is 64.9 Å². The highest BCUT2D eigenvalue weighted by atomic mass is 28.3. The summed E-state index contributed by atoms with van der Waals surface area (Å²) in [5.41, 5.74) is 9.71. The van der Waals surface area contributed by atoms with Crippen LogP contribution >= 0.6 is 0 Å². The molecule has 0 saturated carbocycles. The van der Waals surface area contributed by atoms with Crippen LogP contribution in [0.3, 0.4) is 0 Å². The second-order valence-electron chi connectivity index (χ2n) is 10.5. The molecular formula is C24H33F3N6OSi. The summed E-state index contributed by atoms with van der Waals surface area (Å²) in [5.74, 6) is 0.281. The van der Waals surface area contributed by atoms with Gasteiger partial charge in [-0.2, -0.15) is 13.2 Å². The lowest BCUT2D eigenvalue weighted by atomic mass is 9.90. The normalized spacial score (nSPS) is 17.8. The zero-order valence-electron chi connectivity index (χ0n) is 20.5. The highest BCUT2D eigenvalue weighted by molar-refractivity contribution is 6.76. The number of piperidine rings is 1. The minimum atomic E-state index is -4.20. The number of rotatable bonds is 8. The maximum absolute atomic E-state index is 12.9. The van der Waals surface area contributed by atoms with E-state index in [0.717, 1.165) is 35.8 Å². The number of aromatic nitrogens is 4. The molecule has 3 aromatic rings. The molecule has 1 atom stereocenters. The van der Waals surface area contributed by atoms with E-state index in [1.54, 1.807) is 12.4 Å². The standard InChI is InChI=1S/C24H33F3N6OSi/c1-35(2,3)10-9-34-16-33-8-6-20-23(33)30-13-21(31-20)19-11-18(12-29-22(19)28)17-5-4-7-32(14-17)15-24(25,26)27/h6,8,11-13,17H,4-5,7,9-10,14-16H2,1-3H3,(H2,28,29). The number of fused-ring (bicyclic) bond motifs is 1. The van der Waals surface area contributed by atoms with E-state index in [0.29, 0.717) is 43.3 Å². The molecule has 0 spiro atoms. The van der Waals surface area contributed by atoms with Gasteiger partial charge in [-0.3, -0.25) is 4.90 Å². The number of pyridine rings is 1. The number of nitrogens with zero attached hydrogens (tertiary/aromatic N) is 5. The number of alkyl halides is 3. The average molecular weight is 507 g/mol. The number of ether oxygens (including phenoxy) is 1. The third-order valence-electron chi connectivity index (χ3n) is 6.29. The smallest absolute Gasteiger partial charge is 0.383 e. The molecule has 1 unspecified atom stereocenters. The molecular weight excluding hydrogens is 473 g/mol. The first-order valence-electron chi connectivity index (χ1n) is 11.9. The van der Waals surface area contributed by atoms with Gasteiger partial charge in [-0.25, -0.2) is 15.0 Å². The summed E-state index contributed by atoms with van der Waals surface area (Å²) < 4.78 is 46.4. The molecule has 0 amide bonds. The quantitative estimate of drug-likeness (QED) is 0.337. The van der Waals surface area contributed by atoms with E-state index in [-0.39, 0.29) is 5.92 Å². The van der Waals surface area contributed by atoms with Gasteiger partial charge in [0, 0.05) is 39.2 Å². The van der Waals surface area contributed by atoms with Gasteiger partial charge in [0.05, 0.1) is 18.4 Å². The predicted octanol–water partition coefficient (Wildman–Crippen LogP) is 5.13. The van der Waals surface area contributed by atoms with Crippen molar-refractivity contribution in [2.24, 2.45) is 0 Å². The number of likely N-dealkylation sites (tertiary alicyclic amines) is 1. The molecule has 11 heteroatoms. The van der Waals surface area contributed by atoms with E-state index in [4.69, 9.17) is 15.5 Å². The van der Waals surface area contributed by atoms with Gasteiger partial charge in [-0.05, 0) is 49.0 Å². The Morgan fingerprint density at radius 3 is 2.74 bits per heavy atom. The van der Waals surface area contributed by atoms with Gasteiger partial charge >= 0.3 is 6.18 Å². The number of nitrogens with two attached hydrogens (primary N) is 1. The van der Waals surface area contributed by atoms with Crippen LogP contribution < -0.4 is 5.73 Å². The van der Waals surface area contributed by atoms with Crippen molar-refractivity contribution in [3.63, 3.8) is 0 Å². The highest BCUT2D eigenvalue weighted by Crippen LogP contribution is 2.32. The monoisotopic (exact) mass is 506 g/mol. The maximum Gasteiger partial charge on any atom is 0.401 e. The first-order chi connectivity index (χ1) is 16.5. The van der Waals surface area contributed by atoms with Gasteiger partial charge in [0.15, 0.2) is 5.65 Å². The summed E-state index contributed by atoms with van der Waals surface area (Å²) in [6.07, 6.45) is 2.55.